The zero-order valence-electron chi connectivity index (χ0n) is 17.8. The second-order valence-electron chi connectivity index (χ2n) is 7.43. The number of anilines is 1. The average Bonchev–Trinajstić information content (AvgIpc) is 3.47. The number of ether oxygens (including phenoxy) is 1. The molecule has 1 N–H and O–H groups in total. The van der Waals surface area contributed by atoms with E-state index in [9.17, 15) is 4.79 Å². The summed E-state index contributed by atoms with van der Waals surface area (Å²) < 4.78 is 7.34. The molecule has 31 heavy (non-hydrogen) atoms. The molecule has 8 nitrogen and oxygen atoms in total. The quantitative estimate of drug-likeness (QED) is 0.383. The van der Waals surface area contributed by atoms with Gasteiger partial charge in [-0.25, -0.2) is 14.6 Å². The molecule has 0 radical (unpaired) electrons. The van der Waals surface area contributed by atoms with E-state index in [2.05, 4.69) is 22.2 Å². The van der Waals surface area contributed by atoms with Crippen molar-refractivity contribution in [2.45, 2.75) is 37.9 Å². The maximum Gasteiger partial charge on any atom is 0.258 e. The molecule has 1 aliphatic heterocycles. The summed E-state index contributed by atoms with van der Waals surface area (Å²) in [6, 6.07) is 9.32. The van der Waals surface area contributed by atoms with Crippen molar-refractivity contribution in [3.63, 3.8) is 0 Å². The molecule has 0 saturated carbocycles. The molecular formula is C22H28N6O2S. The third-order valence-electron chi connectivity index (χ3n) is 5.06. The maximum absolute atomic E-state index is 12.1. The van der Waals surface area contributed by atoms with E-state index in [0.29, 0.717) is 18.8 Å². The first-order valence-electron chi connectivity index (χ1n) is 10.8. The number of hydrogen-bond donors (Lipinski definition) is 1. The first-order chi connectivity index (χ1) is 15.2. The van der Waals surface area contributed by atoms with Gasteiger partial charge in [-0.05, 0) is 31.4 Å². The van der Waals surface area contributed by atoms with Crippen LogP contribution in [0.3, 0.4) is 0 Å². The predicted octanol–water partition coefficient (Wildman–Crippen LogP) is 3.12. The lowest BCUT2D eigenvalue weighted by atomic mass is 10.3. The van der Waals surface area contributed by atoms with Gasteiger partial charge in [-0.1, -0.05) is 36.9 Å². The van der Waals surface area contributed by atoms with Crippen LogP contribution in [0.25, 0.3) is 11.0 Å². The summed E-state index contributed by atoms with van der Waals surface area (Å²) in [5, 5.41) is 9.19. The Morgan fingerprint density at radius 3 is 2.77 bits per heavy atom. The Bertz CT molecular complexity index is 1000. The summed E-state index contributed by atoms with van der Waals surface area (Å²) in [5.74, 6) is 2.48. The molecule has 0 spiro atoms. The summed E-state index contributed by atoms with van der Waals surface area (Å²) in [7, 11) is 0. The van der Waals surface area contributed by atoms with Crippen molar-refractivity contribution in [2.24, 2.45) is 0 Å². The fourth-order valence-corrected chi connectivity index (χ4v) is 4.22. The third-order valence-corrected chi connectivity index (χ3v) is 6.11. The Balaban J connectivity index is 1.41. The van der Waals surface area contributed by atoms with Crippen LogP contribution in [0.2, 0.25) is 0 Å². The van der Waals surface area contributed by atoms with Crippen molar-refractivity contribution in [1.29, 1.82) is 0 Å². The van der Waals surface area contributed by atoms with Gasteiger partial charge in [0.1, 0.15) is 11.6 Å². The summed E-state index contributed by atoms with van der Waals surface area (Å²) in [4.78, 5) is 24.0. The number of thioether (sulfide) groups is 1. The topological polar surface area (TPSA) is 85.2 Å². The standard InChI is InChI=1S/C22H28N6O2S/c1-2-14-31-22-25-20(27-11-6-7-12-27)18-15-24-28(21(18)26-22)13-10-23-19(29)16-30-17-8-4-3-5-9-17/h3-5,8-9,15H,2,6-7,10-14,16H2,1H3,(H,23,29). The molecule has 4 rings (SSSR count). The highest BCUT2D eigenvalue weighted by Crippen LogP contribution is 2.29. The first-order valence-corrected chi connectivity index (χ1v) is 11.8. The summed E-state index contributed by atoms with van der Waals surface area (Å²) >= 11 is 1.68. The van der Waals surface area contributed by atoms with E-state index in [1.54, 1.807) is 11.8 Å². The summed E-state index contributed by atoms with van der Waals surface area (Å²) in [6.07, 6.45) is 5.29. The molecule has 0 aliphatic carbocycles. The fraction of sp³-hybridized carbons (Fsp3) is 0.455. The number of fused-ring (bicyclic) bond motifs is 1. The Morgan fingerprint density at radius 2 is 2.00 bits per heavy atom. The Hall–Kier alpha value is -2.81. The minimum absolute atomic E-state index is 0.0110. The van der Waals surface area contributed by atoms with Crippen LogP contribution in [0.4, 0.5) is 5.82 Å². The van der Waals surface area contributed by atoms with Crippen LogP contribution in [0.5, 0.6) is 5.75 Å². The van der Waals surface area contributed by atoms with Crippen LogP contribution in [0, 0.1) is 0 Å². The van der Waals surface area contributed by atoms with E-state index in [1.165, 1.54) is 12.8 Å². The minimum atomic E-state index is -0.160. The number of amides is 1. The van der Waals surface area contributed by atoms with Gasteiger partial charge in [-0.15, -0.1) is 0 Å². The van der Waals surface area contributed by atoms with Gasteiger partial charge in [-0.3, -0.25) is 4.79 Å². The lowest BCUT2D eigenvalue weighted by Crippen LogP contribution is -2.31. The lowest BCUT2D eigenvalue weighted by molar-refractivity contribution is -0.123. The van der Waals surface area contributed by atoms with Crippen molar-refractivity contribution in [1.82, 2.24) is 25.1 Å². The third kappa shape index (κ3) is 5.46. The molecule has 0 unspecified atom stereocenters. The highest BCUT2D eigenvalue weighted by atomic mass is 32.2. The largest absolute Gasteiger partial charge is 0.484 e. The zero-order valence-corrected chi connectivity index (χ0v) is 18.6. The molecule has 1 saturated heterocycles. The van der Waals surface area contributed by atoms with Gasteiger partial charge < -0.3 is 15.0 Å². The number of aromatic nitrogens is 4. The van der Waals surface area contributed by atoms with E-state index in [-0.39, 0.29) is 12.5 Å². The number of carbonyl (C=O) groups is 1. The van der Waals surface area contributed by atoms with E-state index in [1.807, 2.05) is 41.2 Å². The van der Waals surface area contributed by atoms with Gasteiger partial charge in [-0.2, -0.15) is 5.10 Å². The second kappa shape index (κ2) is 10.5. The van der Waals surface area contributed by atoms with Gasteiger partial charge >= 0.3 is 0 Å². The van der Waals surface area contributed by atoms with Gasteiger partial charge in [0, 0.05) is 25.4 Å². The summed E-state index contributed by atoms with van der Waals surface area (Å²) in [6.45, 7) is 5.17. The average molecular weight is 441 g/mol. The van der Waals surface area contributed by atoms with Crippen molar-refractivity contribution < 1.29 is 9.53 Å². The molecule has 1 aromatic carbocycles. The molecule has 1 fully saturated rings. The lowest BCUT2D eigenvalue weighted by Gasteiger charge is -2.18. The Labute approximate surface area is 186 Å². The number of rotatable bonds is 10. The smallest absolute Gasteiger partial charge is 0.258 e. The molecular weight excluding hydrogens is 412 g/mol. The van der Waals surface area contributed by atoms with Crippen LogP contribution in [-0.4, -0.2) is 57.6 Å². The number of hydrogen-bond acceptors (Lipinski definition) is 7. The second-order valence-corrected chi connectivity index (χ2v) is 8.49. The molecule has 2 aromatic heterocycles. The first kappa shape index (κ1) is 21.4. The zero-order chi connectivity index (χ0) is 21.5. The van der Waals surface area contributed by atoms with Crippen LogP contribution >= 0.6 is 11.8 Å². The molecule has 1 amide bonds. The molecule has 1 aliphatic rings. The number of benzene rings is 1. The van der Waals surface area contributed by atoms with Gasteiger partial charge in [0.2, 0.25) is 0 Å². The SMILES string of the molecule is CCCSc1nc(N2CCCC2)c2cnn(CCNC(=O)COc3ccccc3)c2n1. The van der Waals surface area contributed by atoms with Crippen LogP contribution in [0.1, 0.15) is 26.2 Å². The highest BCUT2D eigenvalue weighted by Gasteiger charge is 2.20. The monoisotopic (exact) mass is 440 g/mol. The molecule has 164 valence electrons. The molecule has 3 aromatic rings. The minimum Gasteiger partial charge on any atom is -0.484 e. The molecule has 0 bridgehead atoms. The van der Waals surface area contributed by atoms with Crippen LogP contribution < -0.4 is 15.0 Å². The van der Waals surface area contributed by atoms with Gasteiger partial charge in [0.25, 0.3) is 5.91 Å². The van der Waals surface area contributed by atoms with Crippen LogP contribution in [-0.2, 0) is 11.3 Å². The predicted molar refractivity (Wildman–Crippen MR) is 123 cm³/mol. The van der Waals surface area contributed by atoms with E-state index < -0.39 is 0 Å². The number of nitrogens with one attached hydrogen (secondary N) is 1. The van der Waals surface area contributed by atoms with Crippen LogP contribution in [0.15, 0.2) is 41.7 Å². The van der Waals surface area contributed by atoms with Crippen molar-refractivity contribution in [3.05, 3.63) is 36.5 Å². The van der Waals surface area contributed by atoms with E-state index in [0.717, 1.165) is 47.3 Å². The highest BCUT2D eigenvalue weighted by molar-refractivity contribution is 7.99. The number of carbonyl (C=O) groups excluding carboxylic acids is 1. The summed E-state index contributed by atoms with van der Waals surface area (Å²) in [5.41, 5.74) is 0.824. The van der Waals surface area contributed by atoms with Crippen molar-refractivity contribution >= 4 is 34.5 Å². The van der Waals surface area contributed by atoms with Crippen molar-refractivity contribution in [3.8, 4) is 5.75 Å². The number of nitrogens with zero attached hydrogens (tertiary/aromatic N) is 5. The Kier molecular flexibility index (Phi) is 7.24. The van der Waals surface area contributed by atoms with E-state index >= 15 is 0 Å². The normalized spacial score (nSPS) is 13.6. The van der Waals surface area contributed by atoms with E-state index in [4.69, 9.17) is 14.7 Å². The van der Waals surface area contributed by atoms with Gasteiger partial charge in [0.15, 0.2) is 17.4 Å². The number of para-hydroxylation sites is 1. The van der Waals surface area contributed by atoms with Gasteiger partial charge in [0.05, 0.1) is 18.1 Å². The molecule has 0 atom stereocenters. The fourth-order valence-electron chi connectivity index (χ4n) is 3.53. The maximum atomic E-state index is 12.1. The van der Waals surface area contributed by atoms with Crippen molar-refractivity contribution in [2.75, 3.05) is 36.9 Å². The molecule has 3 heterocycles. The molecule has 9 heteroatoms. The Morgan fingerprint density at radius 1 is 1.19 bits per heavy atom.